The SMILES string of the molecule is CN1CCC(c2cccc(C(F)(F)F)c2)CC1=O. The van der Waals surface area contributed by atoms with Crippen molar-refractivity contribution in [3.05, 3.63) is 35.4 Å². The Morgan fingerprint density at radius 3 is 2.67 bits per heavy atom. The molecule has 1 amide bonds. The lowest BCUT2D eigenvalue weighted by Gasteiger charge is -2.29. The molecule has 1 fully saturated rings. The van der Waals surface area contributed by atoms with Gasteiger partial charge in [-0.1, -0.05) is 18.2 Å². The van der Waals surface area contributed by atoms with Gasteiger partial charge >= 0.3 is 6.18 Å². The summed E-state index contributed by atoms with van der Waals surface area (Å²) in [6, 6.07) is 5.28. The average molecular weight is 257 g/mol. The van der Waals surface area contributed by atoms with Crippen LogP contribution >= 0.6 is 0 Å². The van der Waals surface area contributed by atoms with Crippen LogP contribution in [0.1, 0.15) is 29.9 Å². The Labute approximate surface area is 103 Å². The van der Waals surface area contributed by atoms with Crippen LogP contribution in [0.2, 0.25) is 0 Å². The maximum atomic E-state index is 12.6. The fourth-order valence-electron chi connectivity index (χ4n) is 2.20. The molecule has 0 aliphatic carbocycles. The minimum Gasteiger partial charge on any atom is -0.346 e. The summed E-state index contributed by atoms with van der Waals surface area (Å²) < 4.78 is 37.8. The van der Waals surface area contributed by atoms with Crippen LogP contribution in [-0.4, -0.2) is 24.4 Å². The Hall–Kier alpha value is -1.52. The molecule has 1 atom stereocenters. The first-order chi connectivity index (χ1) is 8.38. The number of alkyl halides is 3. The number of hydrogen-bond donors (Lipinski definition) is 0. The van der Waals surface area contributed by atoms with Crippen molar-refractivity contribution in [1.29, 1.82) is 0 Å². The van der Waals surface area contributed by atoms with Crippen molar-refractivity contribution >= 4 is 5.91 Å². The van der Waals surface area contributed by atoms with Gasteiger partial charge in [-0.25, -0.2) is 0 Å². The normalized spacial score (nSPS) is 21.2. The highest BCUT2D eigenvalue weighted by atomic mass is 19.4. The van der Waals surface area contributed by atoms with Gasteiger partial charge in [0.25, 0.3) is 0 Å². The molecule has 0 bridgehead atoms. The largest absolute Gasteiger partial charge is 0.416 e. The zero-order valence-corrected chi connectivity index (χ0v) is 10.00. The van der Waals surface area contributed by atoms with Gasteiger partial charge in [-0.3, -0.25) is 4.79 Å². The molecule has 18 heavy (non-hydrogen) atoms. The number of carbonyl (C=O) groups is 1. The minimum absolute atomic E-state index is 0.0105. The molecule has 0 radical (unpaired) electrons. The van der Waals surface area contributed by atoms with Gasteiger partial charge in [0.2, 0.25) is 5.91 Å². The molecule has 0 saturated carbocycles. The van der Waals surface area contributed by atoms with Gasteiger partial charge in [0.05, 0.1) is 5.56 Å². The zero-order chi connectivity index (χ0) is 13.3. The maximum absolute atomic E-state index is 12.6. The van der Waals surface area contributed by atoms with Gasteiger partial charge in [-0.05, 0) is 24.0 Å². The third kappa shape index (κ3) is 2.66. The van der Waals surface area contributed by atoms with E-state index >= 15 is 0 Å². The van der Waals surface area contributed by atoms with E-state index in [1.165, 1.54) is 6.07 Å². The highest BCUT2D eigenvalue weighted by molar-refractivity contribution is 5.77. The number of hydrogen-bond acceptors (Lipinski definition) is 1. The third-order valence-electron chi connectivity index (χ3n) is 3.35. The first-order valence-corrected chi connectivity index (χ1v) is 5.79. The van der Waals surface area contributed by atoms with Crippen molar-refractivity contribution < 1.29 is 18.0 Å². The molecular weight excluding hydrogens is 243 g/mol. The fourth-order valence-corrected chi connectivity index (χ4v) is 2.20. The van der Waals surface area contributed by atoms with Crippen LogP contribution < -0.4 is 0 Å². The fraction of sp³-hybridized carbons (Fsp3) is 0.462. The number of rotatable bonds is 1. The molecule has 98 valence electrons. The number of piperidine rings is 1. The summed E-state index contributed by atoms with van der Waals surface area (Å²) in [7, 11) is 1.71. The summed E-state index contributed by atoms with van der Waals surface area (Å²) in [6.07, 6.45) is -3.33. The van der Waals surface area contributed by atoms with Gasteiger partial charge in [0.1, 0.15) is 0 Å². The lowest BCUT2D eigenvalue weighted by Crippen LogP contribution is -2.34. The molecule has 1 saturated heterocycles. The van der Waals surface area contributed by atoms with Crippen LogP contribution in [0.15, 0.2) is 24.3 Å². The maximum Gasteiger partial charge on any atom is 0.416 e. The second kappa shape index (κ2) is 4.63. The molecule has 1 unspecified atom stereocenters. The summed E-state index contributed by atoms with van der Waals surface area (Å²) in [5, 5.41) is 0. The molecule has 2 nitrogen and oxygen atoms in total. The van der Waals surface area contributed by atoms with Crippen molar-refractivity contribution in [2.24, 2.45) is 0 Å². The summed E-state index contributed by atoms with van der Waals surface area (Å²) >= 11 is 0. The van der Waals surface area contributed by atoms with Crippen LogP contribution in [0.3, 0.4) is 0 Å². The Kier molecular flexibility index (Phi) is 3.32. The number of carbonyl (C=O) groups excluding carboxylic acids is 1. The van der Waals surface area contributed by atoms with Crippen LogP contribution in [0.5, 0.6) is 0 Å². The second-order valence-corrected chi connectivity index (χ2v) is 4.63. The van der Waals surface area contributed by atoms with Gasteiger partial charge in [0, 0.05) is 20.0 Å². The number of halogens is 3. The van der Waals surface area contributed by atoms with Crippen molar-refractivity contribution in [2.45, 2.75) is 24.9 Å². The van der Waals surface area contributed by atoms with Crippen LogP contribution in [-0.2, 0) is 11.0 Å². The zero-order valence-electron chi connectivity index (χ0n) is 10.00. The van der Waals surface area contributed by atoms with Crippen LogP contribution in [0.25, 0.3) is 0 Å². The van der Waals surface area contributed by atoms with Gasteiger partial charge in [0.15, 0.2) is 0 Å². The van der Waals surface area contributed by atoms with E-state index < -0.39 is 11.7 Å². The summed E-state index contributed by atoms with van der Waals surface area (Å²) in [6.45, 7) is 0.597. The standard InChI is InChI=1S/C13H14F3NO/c1-17-6-5-10(8-12(17)18)9-3-2-4-11(7-9)13(14,15)16/h2-4,7,10H,5-6,8H2,1H3. The predicted octanol–water partition coefficient (Wildman–Crippen LogP) is 3.04. The van der Waals surface area contributed by atoms with Gasteiger partial charge in [-0.2, -0.15) is 13.2 Å². The molecule has 0 aromatic heterocycles. The highest BCUT2D eigenvalue weighted by Gasteiger charge is 2.32. The quantitative estimate of drug-likeness (QED) is 0.757. The Balaban J connectivity index is 2.22. The third-order valence-corrected chi connectivity index (χ3v) is 3.35. The summed E-state index contributed by atoms with van der Waals surface area (Å²) in [4.78, 5) is 13.2. The number of benzene rings is 1. The Morgan fingerprint density at radius 1 is 1.33 bits per heavy atom. The number of amides is 1. The van der Waals surface area contributed by atoms with E-state index in [0.29, 0.717) is 18.5 Å². The molecule has 1 aliphatic heterocycles. The molecular formula is C13H14F3NO. The molecule has 5 heteroatoms. The average Bonchev–Trinajstić information content (AvgIpc) is 2.32. The van der Waals surface area contributed by atoms with Crippen molar-refractivity contribution in [1.82, 2.24) is 4.90 Å². The van der Waals surface area contributed by atoms with Crippen molar-refractivity contribution in [3.63, 3.8) is 0 Å². The topological polar surface area (TPSA) is 20.3 Å². The van der Waals surface area contributed by atoms with Gasteiger partial charge in [-0.15, -0.1) is 0 Å². The number of likely N-dealkylation sites (tertiary alicyclic amines) is 1. The summed E-state index contributed by atoms with van der Waals surface area (Å²) in [5.41, 5.74) is -0.0438. The smallest absolute Gasteiger partial charge is 0.346 e. The summed E-state index contributed by atoms with van der Waals surface area (Å²) in [5.74, 6) is -0.111. The second-order valence-electron chi connectivity index (χ2n) is 4.63. The van der Waals surface area contributed by atoms with Crippen molar-refractivity contribution in [3.8, 4) is 0 Å². The predicted molar refractivity (Wildman–Crippen MR) is 61.1 cm³/mol. The Bertz CT molecular complexity index is 456. The molecule has 1 aromatic rings. The van der Waals surface area contributed by atoms with E-state index in [0.717, 1.165) is 12.1 Å². The minimum atomic E-state index is -4.33. The molecule has 1 aliphatic rings. The lowest BCUT2D eigenvalue weighted by molar-refractivity contribution is -0.137. The molecule has 2 rings (SSSR count). The molecule has 1 aromatic carbocycles. The van der Waals surface area contributed by atoms with E-state index in [2.05, 4.69) is 0 Å². The first-order valence-electron chi connectivity index (χ1n) is 5.79. The van der Waals surface area contributed by atoms with E-state index in [1.54, 1.807) is 18.0 Å². The molecule has 0 spiro atoms. The number of nitrogens with zero attached hydrogens (tertiary/aromatic N) is 1. The molecule has 0 N–H and O–H groups in total. The van der Waals surface area contributed by atoms with Crippen LogP contribution in [0.4, 0.5) is 13.2 Å². The lowest BCUT2D eigenvalue weighted by atomic mass is 9.88. The highest BCUT2D eigenvalue weighted by Crippen LogP contribution is 2.34. The molecule has 1 heterocycles. The monoisotopic (exact) mass is 257 g/mol. The van der Waals surface area contributed by atoms with Crippen molar-refractivity contribution in [2.75, 3.05) is 13.6 Å². The van der Waals surface area contributed by atoms with E-state index in [9.17, 15) is 18.0 Å². The van der Waals surface area contributed by atoms with E-state index in [1.807, 2.05) is 0 Å². The Morgan fingerprint density at radius 2 is 2.06 bits per heavy atom. The van der Waals surface area contributed by atoms with E-state index in [-0.39, 0.29) is 18.2 Å². The van der Waals surface area contributed by atoms with E-state index in [4.69, 9.17) is 0 Å². The van der Waals surface area contributed by atoms with Gasteiger partial charge < -0.3 is 4.90 Å². The first kappa shape index (κ1) is 12.9. The van der Waals surface area contributed by atoms with Crippen LogP contribution in [0, 0.1) is 0 Å².